The van der Waals surface area contributed by atoms with E-state index in [0.717, 1.165) is 24.3 Å². The normalized spacial score (nSPS) is 12.1. The van der Waals surface area contributed by atoms with E-state index in [-0.39, 0.29) is 0 Å². The quantitative estimate of drug-likeness (QED) is 0.818. The summed E-state index contributed by atoms with van der Waals surface area (Å²) in [5, 5.41) is 1.76. The van der Waals surface area contributed by atoms with Crippen molar-refractivity contribution in [1.82, 2.24) is 5.32 Å². The van der Waals surface area contributed by atoms with Crippen LogP contribution in [0.1, 0.15) is 21.5 Å². The van der Waals surface area contributed by atoms with Crippen LogP contribution in [0.15, 0.2) is 48.5 Å². The Morgan fingerprint density at radius 3 is 2.00 bits per heavy atom. The summed E-state index contributed by atoms with van der Waals surface area (Å²) in [5.74, 6) is -6.04. The Kier molecular flexibility index (Phi) is 4.86. The van der Waals surface area contributed by atoms with E-state index in [9.17, 15) is 31.1 Å². The number of nitrogens with one attached hydrogen (secondary N) is 1. The minimum Gasteiger partial charge on any atom is -0.346 e. The average Bonchev–Trinajstić information content (AvgIpc) is 2.52. The third kappa shape index (κ3) is 3.87. The molecule has 1 N–H and O–H groups in total. The van der Waals surface area contributed by atoms with Gasteiger partial charge in [-0.25, -0.2) is 4.39 Å². The highest BCUT2D eigenvalue weighted by Crippen LogP contribution is 2.39. The molecule has 0 aliphatic rings. The monoisotopic (exact) mass is 347 g/mol. The second kappa shape index (κ2) is 6.54. The molecule has 8 heteroatoms. The Balaban J connectivity index is 2.21. The lowest BCUT2D eigenvalue weighted by Crippen LogP contribution is -2.36. The summed E-state index contributed by atoms with van der Waals surface area (Å²) in [7, 11) is 0. The van der Waals surface area contributed by atoms with Crippen LogP contribution in [-0.4, -0.2) is 12.5 Å². The fourth-order valence-electron chi connectivity index (χ4n) is 2.08. The van der Waals surface area contributed by atoms with Crippen LogP contribution in [0.2, 0.25) is 0 Å². The molecule has 0 heterocycles. The van der Waals surface area contributed by atoms with Crippen molar-refractivity contribution in [1.29, 1.82) is 0 Å². The lowest BCUT2D eigenvalue weighted by Gasteiger charge is -2.21. The van der Waals surface area contributed by atoms with Crippen molar-refractivity contribution in [2.75, 3.05) is 6.54 Å². The number of benzene rings is 2. The average molecular weight is 347 g/mol. The second-order valence-corrected chi connectivity index (χ2v) is 4.91. The van der Waals surface area contributed by atoms with Crippen molar-refractivity contribution < 1.29 is 31.1 Å². The van der Waals surface area contributed by atoms with Crippen molar-refractivity contribution in [3.05, 3.63) is 71.0 Å². The molecule has 0 unspecified atom stereocenters. The lowest BCUT2D eigenvalue weighted by molar-refractivity contribution is -0.141. The van der Waals surface area contributed by atoms with E-state index in [1.54, 1.807) is 5.32 Å². The number of amides is 1. The Hall–Kier alpha value is -2.51. The van der Waals surface area contributed by atoms with E-state index in [2.05, 4.69) is 0 Å². The maximum Gasteiger partial charge on any atom is 0.416 e. The molecule has 1 amide bonds. The van der Waals surface area contributed by atoms with Crippen LogP contribution in [0.4, 0.5) is 26.3 Å². The highest BCUT2D eigenvalue weighted by molar-refractivity contribution is 5.94. The maximum atomic E-state index is 14.1. The van der Waals surface area contributed by atoms with Gasteiger partial charge in [-0.2, -0.15) is 22.0 Å². The summed E-state index contributed by atoms with van der Waals surface area (Å²) in [6, 6.07) is 7.87. The van der Waals surface area contributed by atoms with Crippen molar-refractivity contribution in [3.8, 4) is 0 Å². The molecule has 0 aromatic heterocycles. The van der Waals surface area contributed by atoms with Gasteiger partial charge in [-0.15, -0.1) is 0 Å². The van der Waals surface area contributed by atoms with Gasteiger partial charge in [-0.05, 0) is 18.2 Å². The zero-order chi connectivity index (χ0) is 18.0. The fourth-order valence-corrected chi connectivity index (χ4v) is 2.08. The van der Waals surface area contributed by atoms with Crippen LogP contribution in [0, 0.1) is 5.82 Å². The van der Waals surface area contributed by atoms with Crippen molar-refractivity contribution in [2.24, 2.45) is 0 Å². The zero-order valence-electron chi connectivity index (χ0n) is 12.0. The Morgan fingerprint density at radius 1 is 0.875 bits per heavy atom. The molecule has 2 aromatic rings. The number of rotatable bonds is 4. The predicted octanol–water partition coefficient (Wildman–Crippen LogP) is 4.37. The Morgan fingerprint density at radius 2 is 1.42 bits per heavy atom. The molecule has 0 bridgehead atoms. The standard InChI is InChI=1S/C16H11F6NO/c17-13-8-4-1-5-10(13)14(24)23-9-15(18,19)11-6-2-3-7-12(11)16(20,21)22/h1-8H,9H2,(H,23,24). The highest BCUT2D eigenvalue weighted by Gasteiger charge is 2.42. The van der Waals surface area contributed by atoms with Crippen molar-refractivity contribution >= 4 is 5.91 Å². The number of alkyl halides is 5. The van der Waals surface area contributed by atoms with E-state index in [1.807, 2.05) is 0 Å². The van der Waals surface area contributed by atoms with Gasteiger partial charge >= 0.3 is 6.18 Å². The van der Waals surface area contributed by atoms with E-state index in [1.165, 1.54) is 12.1 Å². The van der Waals surface area contributed by atoms with Gasteiger partial charge in [0.2, 0.25) is 0 Å². The molecule has 0 saturated carbocycles. The van der Waals surface area contributed by atoms with Gasteiger partial charge in [0.15, 0.2) is 0 Å². The minimum absolute atomic E-state index is 0.475. The number of hydrogen-bond donors (Lipinski definition) is 1. The smallest absolute Gasteiger partial charge is 0.346 e. The lowest BCUT2D eigenvalue weighted by atomic mass is 10.0. The molecule has 0 saturated heterocycles. The fraction of sp³-hybridized carbons (Fsp3) is 0.188. The van der Waals surface area contributed by atoms with Crippen LogP contribution < -0.4 is 5.32 Å². The van der Waals surface area contributed by atoms with Gasteiger partial charge in [0, 0.05) is 5.56 Å². The third-order valence-corrected chi connectivity index (χ3v) is 3.22. The van der Waals surface area contributed by atoms with Gasteiger partial charge in [0.1, 0.15) is 5.82 Å². The molecular formula is C16H11F6NO. The van der Waals surface area contributed by atoms with E-state index in [0.29, 0.717) is 12.1 Å². The predicted molar refractivity (Wildman–Crippen MR) is 74.1 cm³/mol. The first kappa shape index (κ1) is 17.8. The number of halogens is 6. The minimum atomic E-state index is -4.96. The molecule has 0 atom stereocenters. The molecule has 24 heavy (non-hydrogen) atoms. The van der Waals surface area contributed by atoms with Gasteiger partial charge in [0.25, 0.3) is 11.8 Å². The topological polar surface area (TPSA) is 29.1 Å². The summed E-state index contributed by atoms with van der Waals surface area (Å²) >= 11 is 0. The first-order valence-electron chi connectivity index (χ1n) is 6.70. The Labute approximate surface area is 133 Å². The number of carbonyl (C=O) groups excluding carboxylic acids is 1. The molecule has 2 rings (SSSR count). The molecule has 0 spiro atoms. The van der Waals surface area contributed by atoms with Gasteiger partial charge < -0.3 is 5.32 Å². The van der Waals surface area contributed by atoms with E-state index < -0.39 is 47.1 Å². The highest BCUT2D eigenvalue weighted by atomic mass is 19.4. The molecule has 0 aliphatic carbocycles. The van der Waals surface area contributed by atoms with Crippen LogP contribution >= 0.6 is 0 Å². The molecule has 2 nitrogen and oxygen atoms in total. The zero-order valence-corrected chi connectivity index (χ0v) is 12.0. The summed E-state index contributed by atoms with van der Waals surface area (Å²) in [6.45, 7) is -1.40. The van der Waals surface area contributed by atoms with Crippen LogP contribution in [0.5, 0.6) is 0 Å². The molecule has 0 fully saturated rings. The van der Waals surface area contributed by atoms with Crippen LogP contribution in [0.25, 0.3) is 0 Å². The van der Waals surface area contributed by atoms with Crippen LogP contribution in [-0.2, 0) is 12.1 Å². The van der Waals surface area contributed by atoms with Crippen molar-refractivity contribution in [3.63, 3.8) is 0 Å². The summed E-state index contributed by atoms with van der Waals surface area (Å²) < 4.78 is 80.1. The van der Waals surface area contributed by atoms with Gasteiger partial charge in [-0.1, -0.05) is 30.3 Å². The molecular weight excluding hydrogens is 336 g/mol. The Bertz CT molecular complexity index is 741. The summed E-state index contributed by atoms with van der Waals surface area (Å²) in [4.78, 5) is 11.7. The van der Waals surface area contributed by atoms with Gasteiger partial charge in [-0.3, -0.25) is 4.79 Å². The van der Waals surface area contributed by atoms with E-state index >= 15 is 0 Å². The summed E-state index contributed by atoms with van der Waals surface area (Å²) in [6.07, 6.45) is -4.96. The second-order valence-electron chi connectivity index (χ2n) is 4.91. The molecule has 2 aromatic carbocycles. The molecule has 0 radical (unpaired) electrons. The van der Waals surface area contributed by atoms with Crippen LogP contribution in [0.3, 0.4) is 0 Å². The van der Waals surface area contributed by atoms with Gasteiger partial charge in [0.05, 0.1) is 17.7 Å². The first-order valence-corrected chi connectivity index (χ1v) is 6.70. The largest absolute Gasteiger partial charge is 0.416 e. The SMILES string of the molecule is O=C(NCC(F)(F)c1ccccc1C(F)(F)F)c1ccccc1F. The molecule has 0 aliphatic heterocycles. The molecule has 128 valence electrons. The van der Waals surface area contributed by atoms with Crippen molar-refractivity contribution in [2.45, 2.75) is 12.1 Å². The third-order valence-electron chi connectivity index (χ3n) is 3.22. The number of carbonyl (C=O) groups is 1. The maximum absolute atomic E-state index is 14.1. The summed E-state index contributed by atoms with van der Waals surface area (Å²) in [5.41, 5.74) is -3.22. The number of hydrogen-bond acceptors (Lipinski definition) is 1. The van der Waals surface area contributed by atoms with E-state index in [4.69, 9.17) is 0 Å². The first-order chi connectivity index (χ1) is 11.1.